The van der Waals surface area contributed by atoms with Gasteiger partial charge in [-0.05, 0) is 26.2 Å². The van der Waals surface area contributed by atoms with E-state index in [1.54, 1.807) is 0 Å². The molecular formula is C17H34IN5O. The number of unbranched alkanes of at least 4 members (excludes halogenated alkanes) is 1. The molecule has 1 atom stereocenters. The number of hydrogen-bond donors (Lipinski definition) is 1. The van der Waals surface area contributed by atoms with Gasteiger partial charge in [0.05, 0.1) is 6.04 Å². The molecule has 0 aromatic heterocycles. The quantitative estimate of drug-likeness (QED) is 0.299. The van der Waals surface area contributed by atoms with Crippen LogP contribution >= 0.6 is 24.0 Å². The summed E-state index contributed by atoms with van der Waals surface area (Å²) in [6, 6.07) is 0.00492. The van der Waals surface area contributed by atoms with E-state index in [1.807, 2.05) is 11.9 Å². The molecule has 2 aliphatic heterocycles. The minimum absolute atomic E-state index is 0. The van der Waals surface area contributed by atoms with Gasteiger partial charge in [-0.1, -0.05) is 13.3 Å². The van der Waals surface area contributed by atoms with E-state index in [0.717, 1.165) is 64.6 Å². The number of carbonyl (C=O) groups is 1. The Morgan fingerprint density at radius 1 is 1.08 bits per heavy atom. The number of rotatable bonds is 5. The highest BCUT2D eigenvalue weighted by molar-refractivity contribution is 14.0. The van der Waals surface area contributed by atoms with E-state index in [0.29, 0.717) is 5.91 Å². The molecule has 2 saturated heterocycles. The van der Waals surface area contributed by atoms with Crippen molar-refractivity contribution in [3.05, 3.63) is 0 Å². The molecule has 140 valence electrons. The lowest BCUT2D eigenvalue weighted by molar-refractivity contribution is -0.135. The van der Waals surface area contributed by atoms with E-state index in [-0.39, 0.29) is 30.0 Å². The molecule has 1 unspecified atom stereocenters. The number of halogens is 1. The summed E-state index contributed by atoms with van der Waals surface area (Å²) in [6.45, 7) is 10.8. The van der Waals surface area contributed by atoms with Crippen LogP contribution < -0.4 is 5.32 Å². The maximum absolute atomic E-state index is 12.5. The number of likely N-dealkylation sites (tertiary alicyclic amines) is 1. The van der Waals surface area contributed by atoms with Crippen LogP contribution in [0.1, 0.15) is 39.5 Å². The van der Waals surface area contributed by atoms with Gasteiger partial charge in [0.1, 0.15) is 0 Å². The first-order valence-electron chi connectivity index (χ1n) is 9.15. The Morgan fingerprint density at radius 3 is 2.25 bits per heavy atom. The van der Waals surface area contributed by atoms with E-state index in [2.05, 4.69) is 34.0 Å². The first-order chi connectivity index (χ1) is 11.2. The van der Waals surface area contributed by atoms with Gasteiger partial charge in [-0.3, -0.25) is 14.7 Å². The maximum Gasteiger partial charge on any atom is 0.239 e. The van der Waals surface area contributed by atoms with Crippen LogP contribution in [0.25, 0.3) is 0 Å². The second-order valence-corrected chi connectivity index (χ2v) is 6.56. The summed E-state index contributed by atoms with van der Waals surface area (Å²) >= 11 is 0. The first-order valence-corrected chi connectivity index (χ1v) is 9.15. The number of nitrogens with one attached hydrogen (secondary N) is 1. The highest BCUT2D eigenvalue weighted by Crippen LogP contribution is 2.14. The third-order valence-electron chi connectivity index (χ3n) is 4.96. The summed E-state index contributed by atoms with van der Waals surface area (Å²) < 4.78 is 0. The average molecular weight is 451 g/mol. The molecule has 6 nitrogen and oxygen atoms in total. The Morgan fingerprint density at radius 2 is 1.71 bits per heavy atom. The second kappa shape index (κ2) is 11.1. The van der Waals surface area contributed by atoms with Crippen LogP contribution in [0.2, 0.25) is 0 Å². The Hall–Kier alpha value is -0.570. The fourth-order valence-corrected chi connectivity index (χ4v) is 3.39. The summed E-state index contributed by atoms with van der Waals surface area (Å²) in [4.78, 5) is 23.6. The summed E-state index contributed by atoms with van der Waals surface area (Å²) in [5, 5.41) is 3.43. The van der Waals surface area contributed by atoms with E-state index in [1.165, 1.54) is 12.8 Å². The van der Waals surface area contributed by atoms with Crippen LogP contribution in [0.4, 0.5) is 0 Å². The molecule has 0 bridgehead atoms. The van der Waals surface area contributed by atoms with Gasteiger partial charge in [0.2, 0.25) is 5.91 Å². The van der Waals surface area contributed by atoms with Gasteiger partial charge in [0.15, 0.2) is 5.96 Å². The van der Waals surface area contributed by atoms with E-state index in [4.69, 9.17) is 0 Å². The van der Waals surface area contributed by atoms with Crippen molar-refractivity contribution in [1.82, 2.24) is 20.0 Å². The Bertz CT molecular complexity index is 404. The van der Waals surface area contributed by atoms with E-state index >= 15 is 0 Å². The van der Waals surface area contributed by atoms with Crippen molar-refractivity contribution in [3.8, 4) is 0 Å². The lowest BCUT2D eigenvalue weighted by atomic mass is 10.2. The smallest absolute Gasteiger partial charge is 0.239 e. The number of guanidine groups is 1. The average Bonchev–Trinajstić information content (AvgIpc) is 3.12. The molecular weight excluding hydrogens is 417 g/mol. The Kier molecular flexibility index (Phi) is 9.95. The summed E-state index contributed by atoms with van der Waals surface area (Å²) in [7, 11) is 1.85. The zero-order valence-corrected chi connectivity index (χ0v) is 17.8. The van der Waals surface area contributed by atoms with Crippen LogP contribution in [0, 0.1) is 0 Å². The molecule has 24 heavy (non-hydrogen) atoms. The number of carbonyl (C=O) groups excluding carboxylic acids is 1. The number of piperazine rings is 1. The minimum Gasteiger partial charge on any atom is -0.356 e. The van der Waals surface area contributed by atoms with Crippen LogP contribution in [0.3, 0.4) is 0 Å². The monoisotopic (exact) mass is 451 g/mol. The molecule has 0 radical (unpaired) electrons. The minimum atomic E-state index is 0. The van der Waals surface area contributed by atoms with Crippen molar-refractivity contribution >= 4 is 35.8 Å². The van der Waals surface area contributed by atoms with Gasteiger partial charge in [-0.25, -0.2) is 0 Å². The third-order valence-corrected chi connectivity index (χ3v) is 4.96. The lowest BCUT2D eigenvalue weighted by Crippen LogP contribution is -2.57. The predicted molar refractivity (Wildman–Crippen MR) is 110 cm³/mol. The number of nitrogens with zero attached hydrogens (tertiary/aromatic N) is 4. The van der Waals surface area contributed by atoms with E-state index in [9.17, 15) is 4.79 Å². The summed E-state index contributed by atoms with van der Waals surface area (Å²) in [5.41, 5.74) is 0. The van der Waals surface area contributed by atoms with E-state index < -0.39 is 0 Å². The maximum atomic E-state index is 12.5. The standard InChI is InChI=1S/C17H33N5O.HI/c1-4-5-8-19-17(18-3)22-13-11-20(12-14-22)15(2)16(23)21-9-6-7-10-21;/h15H,4-14H2,1-3H3,(H,18,19);1H. The van der Waals surface area contributed by atoms with Crippen LogP contribution in [0.5, 0.6) is 0 Å². The van der Waals surface area contributed by atoms with Crippen LogP contribution in [0.15, 0.2) is 4.99 Å². The predicted octanol–water partition coefficient (Wildman–Crippen LogP) is 1.61. The highest BCUT2D eigenvalue weighted by Gasteiger charge is 2.30. The molecule has 2 heterocycles. The van der Waals surface area contributed by atoms with Crippen molar-refractivity contribution in [2.45, 2.75) is 45.6 Å². The van der Waals surface area contributed by atoms with Gasteiger partial charge in [0.25, 0.3) is 0 Å². The second-order valence-electron chi connectivity index (χ2n) is 6.56. The molecule has 0 aromatic carbocycles. The molecule has 1 N–H and O–H groups in total. The van der Waals surface area contributed by atoms with Gasteiger partial charge in [-0.15, -0.1) is 24.0 Å². The zero-order chi connectivity index (χ0) is 16.7. The Labute approximate surface area is 164 Å². The molecule has 0 saturated carbocycles. The van der Waals surface area contributed by atoms with Crippen LogP contribution in [-0.4, -0.2) is 85.5 Å². The van der Waals surface area contributed by atoms with Crippen LogP contribution in [-0.2, 0) is 4.79 Å². The van der Waals surface area contributed by atoms with Crippen molar-refractivity contribution in [1.29, 1.82) is 0 Å². The van der Waals surface area contributed by atoms with Crippen molar-refractivity contribution in [3.63, 3.8) is 0 Å². The highest BCUT2D eigenvalue weighted by atomic mass is 127. The number of amides is 1. The molecule has 7 heteroatoms. The van der Waals surface area contributed by atoms with Crippen molar-refractivity contribution < 1.29 is 4.79 Å². The first kappa shape index (κ1) is 21.5. The SMILES string of the molecule is CCCCNC(=NC)N1CCN(C(C)C(=O)N2CCCC2)CC1.I. The molecule has 2 fully saturated rings. The normalized spacial score (nSPS) is 20.7. The summed E-state index contributed by atoms with van der Waals surface area (Å²) in [6.07, 6.45) is 4.67. The topological polar surface area (TPSA) is 51.2 Å². The van der Waals surface area contributed by atoms with Gasteiger partial charge in [0, 0.05) is 52.9 Å². The van der Waals surface area contributed by atoms with Gasteiger partial charge >= 0.3 is 0 Å². The molecule has 1 amide bonds. The molecule has 2 aliphatic rings. The molecule has 0 spiro atoms. The fourth-order valence-electron chi connectivity index (χ4n) is 3.39. The molecule has 0 aromatic rings. The van der Waals surface area contributed by atoms with Crippen molar-refractivity contribution in [2.24, 2.45) is 4.99 Å². The lowest BCUT2D eigenvalue weighted by Gasteiger charge is -2.39. The third kappa shape index (κ3) is 5.75. The molecule has 2 rings (SSSR count). The fraction of sp³-hybridized carbons (Fsp3) is 0.882. The Balaban J connectivity index is 0.00000288. The van der Waals surface area contributed by atoms with Crippen molar-refractivity contribution in [2.75, 3.05) is 52.9 Å². The molecule has 0 aliphatic carbocycles. The summed E-state index contributed by atoms with van der Waals surface area (Å²) in [5.74, 6) is 1.30. The van der Waals surface area contributed by atoms with Gasteiger partial charge < -0.3 is 15.1 Å². The largest absolute Gasteiger partial charge is 0.356 e. The number of hydrogen-bond acceptors (Lipinski definition) is 3. The zero-order valence-electron chi connectivity index (χ0n) is 15.5. The van der Waals surface area contributed by atoms with Gasteiger partial charge in [-0.2, -0.15) is 0 Å². The number of aliphatic imine (C=N–C) groups is 1.